The minimum atomic E-state index is -3.97. The molecule has 0 amide bonds. The Bertz CT molecular complexity index is 1220. The number of hydrogen-bond acceptors (Lipinski definition) is 6. The molecule has 0 aliphatic carbocycles. The van der Waals surface area contributed by atoms with E-state index in [-0.39, 0.29) is 48.3 Å². The van der Waals surface area contributed by atoms with Gasteiger partial charge in [-0.1, -0.05) is 18.2 Å². The van der Waals surface area contributed by atoms with Gasteiger partial charge in [0.1, 0.15) is 11.3 Å². The first-order chi connectivity index (χ1) is 13.0. The van der Waals surface area contributed by atoms with E-state index in [0.29, 0.717) is 22.7 Å². The molecule has 140 valence electrons. The number of pyridine rings is 1. The van der Waals surface area contributed by atoms with Gasteiger partial charge in [0.2, 0.25) is 5.89 Å². The van der Waals surface area contributed by atoms with Crippen molar-refractivity contribution in [2.75, 3.05) is 12.4 Å². The number of para-hydroxylation sites is 1. The molecule has 7 nitrogen and oxygen atoms in total. The van der Waals surface area contributed by atoms with Crippen LogP contribution in [-0.2, 0) is 10.1 Å². The molecule has 2 heterocycles. The Kier molecular flexibility index (Phi) is 6.36. The van der Waals surface area contributed by atoms with Crippen LogP contribution in [-0.4, -0.2) is 64.9 Å². The molecule has 0 saturated heterocycles. The van der Waals surface area contributed by atoms with E-state index in [2.05, 4.69) is 9.97 Å². The van der Waals surface area contributed by atoms with Crippen LogP contribution in [0.4, 0.5) is 0 Å². The summed E-state index contributed by atoms with van der Waals surface area (Å²) in [5, 5.41) is 0.952. The topological polar surface area (TPSA) is 103 Å². The first-order valence-electron chi connectivity index (χ1n) is 8.32. The first kappa shape index (κ1) is 20.8. The zero-order valence-electron chi connectivity index (χ0n) is 14.2. The summed E-state index contributed by atoms with van der Waals surface area (Å²) in [6.45, 7) is 0.168. The van der Waals surface area contributed by atoms with Gasteiger partial charge < -0.3 is 9.15 Å². The van der Waals surface area contributed by atoms with E-state index in [1.165, 1.54) is 0 Å². The van der Waals surface area contributed by atoms with Crippen molar-refractivity contribution in [3.05, 3.63) is 54.7 Å². The molecule has 0 bridgehead atoms. The van der Waals surface area contributed by atoms with Crippen LogP contribution in [0.2, 0.25) is 0 Å². The van der Waals surface area contributed by atoms with E-state index >= 15 is 0 Å². The summed E-state index contributed by atoms with van der Waals surface area (Å²) in [5.74, 6) is 0.698. The summed E-state index contributed by atoms with van der Waals surface area (Å²) in [6, 6.07) is 14.9. The summed E-state index contributed by atoms with van der Waals surface area (Å²) >= 11 is 0. The third-order valence-electron chi connectivity index (χ3n) is 4.05. The van der Waals surface area contributed by atoms with Crippen molar-refractivity contribution < 1.29 is 22.1 Å². The zero-order valence-corrected chi connectivity index (χ0v) is 15.0. The van der Waals surface area contributed by atoms with Gasteiger partial charge in [-0.25, -0.2) is 4.98 Å². The number of ether oxygens (including phenoxy) is 1. The third-order valence-corrected chi connectivity index (χ3v) is 4.86. The molecule has 0 radical (unpaired) electrons. The second-order valence-corrected chi connectivity index (χ2v) is 7.58. The predicted octanol–water partition coefficient (Wildman–Crippen LogP) is 3.05. The second kappa shape index (κ2) is 8.59. The molecule has 2 aromatic carbocycles. The van der Waals surface area contributed by atoms with Gasteiger partial charge in [0, 0.05) is 23.2 Å². The molecule has 9 heteroatoms. The van der Waals surface area contributed by atoms with Crippen molar-refractivity contribution in [1.29, 1.82) is 0 Å². The Hall–Kier alpha value is -1.97. The van der Waals surface area contributed by atoms with Gasteiger partial charge in [0.05, 0.1) is 17.9 Å². The molecule has 0 aliphatic heterocycles. The second-order valence-electron chi connectivity index (χ2n) is 6.01. The van der Waals surface area contributed by atoms with Crippen molar-refractivity contribution in [3.8, 4) is 17.2 Å². The molecule has 28 heavy (non-hydrogen) atoms. The van der Waals surface area contributed by atoms with E-state index in [4.69, 9.17) is 13.7 Å². The fourth-order valence-corrected chi connectivity index (χ4v) is 3.31. The number of nitrogens with zero attached hydrogens (tertiary/aromatic N) is 2. The molecule has 0 saturated carbocycles. The standard InChI is InChI=1S/C19H16N2O5S.Na.H/c22-27(23,24)11-3-10-25-13-6-7-17-18(12-13)26-19(21-17)15-8-9-20-16-5-2-1-4-14(15)16;;/h1-2,4-9,12H,3,10-11H2,(H,22,23,24);;. The van der Waals surface area contributed by atoms with Gasteiger partial charge in [-0.3, -0.25) is 9.54 Å². The van der Waals surface area contributed by atoms with Gasteiger partial charge in [0.15, 0.2) is 5.58 Å². The van der Waals surface area contributed by atoms with Gasteiger partial charge in [-0.05, 0) is 30.7 Å². The van der Waals surface area contributed by atoms with Crippen LogP contribution < -0.4 is 4.74 Å². The van der Waals surface area contributed by atoms with Crippen molar-refractivity contribution in [2.24, 2.45) is 0 Å². The zero-order chi connectivity index (χ0) is 18.9. The maximum atomic E-state index is 10.7. The molecule has 0 aliphatic rings. The Labute approximate surface area is 183 Å². The predicted molar refractivity (Wildman–Crippen MR) is 108 cm³/mol. The van der Waals surface area contributed by atoms with Crippen LogP contribution in [0, 0.1) is 0 Å². The monoisotopic (exact) mass is 408 g/mol. The average Bonchev–Trinajstić information content (AvgIpc) is 3.07. The number of benzene rings is 2. The van der Waals surface area contributed by atoms with Gasteiger partial charge in [-0.2, -0.15) is 8.42 Å². The Morgan fingerprint density at radius 2 is 1.89 bits per heavy atom. The van der Waals surface area contributed by atoms with Crippen LogP contribution in [0.1, 0.15) is 6.42 Å². The Balaban J connectivity index is 0.00000225. The van der Waals surface area contributed by atoms with E-state index in [0.717, 1.165) is 16.5 Å². The Morgan fingerprint density at radius 3 is 2.71 bits per heavy atom. The molecule has 0 fully saturated rings. The van der Waals surface area contributed by atoms with Crippen LogP contribution >= 0.6 is 0 Å². The summed E-state index contributed by atoms with van der Waals surface area (Å²) in [6.07, 6.45) is 1.91. The van der Waals surface area contributed by atoms with E-state index < -0.39 is 10.1 Å². The number of rotatable bonds is 6. The minimum absolute atomic E-state index is 0. The maximum absolute atomic E-state index is 10.7. The van der Waals surface area contributed by atoms with Crippen LogP contribution in [0.5, 0.6) is 5.75 Å². The molecule has 4 rings (SSSR count). The van der Waals surface area contributed by atoms with Crippen molar-refractivity contribution >= 4 is 61.7 Å². The fourth-order valence-electron chi connectivity index (χ4n) is 2.82. The van der Waals surface area contributed by atoms with Crippen molar-refractivity contribution in [2.45, 2.75) is 6.42 Å². The first-order valence-corrected chi connectivity index (χ1v) is 9.93. The number of hydrogen-bond donors (Lipinski definition) is 1. The number of oxazole rings is 1. The van der Waals surface area contributed by atoms with Gasteiger partial charge in [0.25, 0.3) is 10.1 Å². The molecule has 2 aromatic heterocycles. The molecule has 0 unspecified atom stereocenters. The molecular weight excluding hydrogens is 391 g/mol. The van der Waals surface area contributed by atoms with Crippen molar-refractivity contribution in [3.63, 3.8) is 0 Å². The molecule has 0 spiro atoms. The summed E-state index contributed by atoms with van der Waals surface area (Å²) in [5.41, 5.74) is 2.97. The summed E-state index contributed by atoms with van der Waals surface area (Å²) in [7, 11) is -3.97. The summed E-state index contributed by atoms with van der Waals surface area (Å²) < 4.78 is 41.6. The average molecular weight is 408 g/mol. The SMILES string of the molecule is O=S(=O)(O)CCCOc1ccc2nc(-c3ccnc4ccccc34)oc2c1.[NaH]. The van der Waals surface area contributed by atoms with Crippen LogP contribution in [0.25, 0.3) is 33.5 Å². The Morgan fingerprint density at radius 1 is 1.07 bits per heavy atom. The van der Waals surface area contributed by atoms with Crippen LogP contribution in [0.15, 0.2) is 59.1 Å². The molecule has 1 N–H and O–H groups in total. The van der Waals surface area contributed by atoms with Gasteiger partial charge in [-0.15, -0.1) is 0 Å². The molecule has 0 atom stereocenters. The summed E-state index contributed by atoms with van der Waals surface area (Å²) in [4.78, 5) is 8.88. The van der Waals surface area contributed by atoms with E-state index in [9.17, 15) is 8.42 Å². The van der Waals surface area contributed by atoms with Crippen LogP contribution in [0.3, 0.4) is 0 Å². The van der Waals surface area contributed by atoms with Gasteiger partial charge >= 0.3 is 29.6 Å². The number of aromatic nitrogens is 2. The third kappa shape index (κ3) is 4.71. The number of fused-ring (bicyclic) bond motifs is 2. The normalized spacial score (nSPS) is 11.5. The van der Waals surface area contributed by atoms with Crippen molar-refractivity contribution in [1.82, 2.24) is 9.97 Å². The molecule has 4 aromatic rings. The van der Waals surface area contributed by atoms with E-state index in [1.54, 1.807) is 24.4 Å². The van der Waals surface area contributed by atoms with E-state index in [1.807, 2.05) is 30.3 Å². The quantitative estimate of drug-likeness (QED) is 0.297. The molecular formula is C19H17N2NaO5S. The fraction of sp³-hybridized carbons (Fsp3) is 0.158.